The van der Waals surface area contributed by atoms with Crippen molar-refractivity contribution < 1.29 is 40.2 Å². The molecule has 0 spiro atoms. The minimum atomic E-state index is -1.00. The summed E-state index contributed by atoms with van der Waals surface area (Å²) in [5, 5.41) is 67.2. The highest BCUT2D eigenvalue weighted by Crippen LogP contribution is 2.62. The van der Waals surface area contributed by atoms with E-state index in [4.69, 9.17) is 11.5 Å². The molecule has 6 aliphatic carbocycles. The van der Waals surface area contributed by atoms with Gasteiger partial charge >= 0.3 is 0 Å². The van der Waals surface area contributed by atoms with E-state index in [1.807, 2.05) is 12.1 Å². The van der Waals surface area contributed by atoms with E-state index in [0.29, 0.717) is 75.3 Å². The molecule has 8 aliphatic rings. The number of carbonyl (C=O) groups excluding carboxylic acids is 2. The Balaban J connectivity index is 0.000000146. The molecule has 304 valence electrons. The second-order valence-corrected chi connectivity index (χ2v) is 19.0. The van der Waals surface area contributed by atoms with Crippen molar-refractivity contribution in [1.29, 1.82) is 0 Å². The number of aliphatic hydroxyl groups excluding tert-OH is 2. The predicted molar refractivity (Wildman–Crippen MR) is 208 cm³/mol. The molecule has 2 aromatic rings. The molecule has 2 amide bonds. The van der Waals surface area contributed by atoms with E-state index < -0.39 is 46.1 Å². The molecule has 4 bridgehead atoms. The molecule has 2 aromatic carbocycles. The Morgan fingerprint density at radius 3 is 1.36 bits per heavy atom. The Labute approximate surface area is 328 Å². The van der Waals surface area contributed by atoms with Gasteiger partial charge in [0.05, 0.1) is 34.5 Å². The number of primary amides is 2. The number of phenols is 2. The number of amides is 2. The van der Waals surface area contributed by atoms with Gasteiger partial charge in [-0.3, -0.25) is 19.4 Å². The largest absolute Gasteiger partial charge is 0.507 e. The summed E-state index contributed by atoms with van der Waals surface area (Å²) >= 11 is 0. The molecule has 12 nitrogen and oxygen atoms in total. The second kappa shape index (κ2) is 13.7. The first-order valence-electron chi connectivity index (χ1n) is 21.3. The zero-order valence-corrected chi connectivity index (χ0v) is 32.5. The number of aliphatic hydroxyl groups is 4. The highest BCUT2D eigenvalue weighted by molar-refractivity contribution is 5.97. The molecule has 4 saturated carbocycles. The van der Waals surface area contributed by atoms with Crippen LogP contribution >= 0.6 is 0 Å². The number of fused-ring (bicyclic) bond motifs is 2. The van der Waals surface area contributed by atoms with E-state index in [1.54, 1.807) is 12.1 Å². The maximum atomic E-state index is 12.1. The van der Waals surface area contributed by atoms with Crippen molar-refractivity contribution in [3.63, 3.8) is 0 Å². The highest BCUT2D eigenvalue weighted by Gasteiger charge is 2.67. The highest BCUT2D eigenvalue weighted by atomic mass is 16.3. The van der Waals surface area contributed by atoms with Gasteiger partial charge in [0.2, 0.25) is 0 Å². The van der Waals surface area contributed by atoms with Crippen LogP contribution in [0.1, 0.15) is 133 Å². The van der Waals surface area contributed by atoms with Crippen molar-refractivity contribution in [2.45, 2.75) is 149 Å². The van der Waals surface area contributed by atoms with Gasteiger partial charge < -0.3 is 42.1 Å². The Morgan fingerprint density at radius 1 is 0.625 bits per heavy atom. The summed E-state index contributed by atoms with van der Waals surface area (Å²) in [5.41, 5.74) is 11.0. The third-order valence-electron chi connectivity index (χ3n) is 16.5. The summed E-state index contributed by atoms with van der Waals surface area (Å²) in [6.07, 6.45) is 12.3. The van der Waals surface area contributed by atoms with Gasteiger partial charge in [0.15, 0.2) is 0 Å². The maximum Gasteiger partial charge on any atom is 0.252 e. The predicted octanol–water partition coefficient (Wildman–Crippen LogP) is 2.87. The molecular weight excluding hydrogens is 713 g/mol. The number of aromatic hydroxyl groups is 2. The Bertz CT molecular complexity index is 1780. The molecule has 56 heavy (non-hydrogen) atoms. The normalized spacial score (nSPS) is 37.6. The van der Waals surface area contributed by atoms with Crippen LogP contribution in [-0.4, -0.2) is 114 Å². The van der Waals surface area contributed by atoms with Gasteiger partial charge in [-0.05, 0) is 138 Å². The van der Waals surface area contributed by atoms with Crippen LogP contribution in [0.5, 0.6) is 11.5 Å². The van der Waals surface area contributed by atoms with Crippen LogP contribution in [0.2, 0.25) is 0 Å². The fourth-order valence-corrected chi connectivity index (χ4v) is 13.2. The number of nitrogens with two attached hydrogens (primary N) is 2. The summed E-state index contributed by atoms with van der Waals surface area (Å²) < 4.78 is 0. The van der Waals surface area contributed by atoms with Gasteiger partial charge in [0.25, 0.3) is 11.8 Å². The van der Waals surface area contributed by atoms with Gasteiger partial charge in [-0.25, -0.2) is 0 Å². The standard InChI is InChI=1S/2C22H30N2O4/c2*23-20(27)16-5-4-14-10-17-22(28)7-6-15(25)11-21(22,18(14)19(16)26)8-9-24(17)12-13-2-1-3-13/h2*4-5,13,15,17,25-26,28H,1-3,6-12H2,(H2,23,27)/t15-,17+,21+,22+;15-,17-,21-,22-/m01/s1. The summed E-state index contributed by atoms with van der Waals surface area (Å²) in [6.45, 7) is 3.73. The molecule has 6 fully saturated rings. The molecule has 2 heterocycles. The van der Waals surface area contributed by atoms with E-state index in [0.717, 1.165) is 49.1 Å². The van der Waals surface area contributed by atoms with E-state index in [2.05, 4.69) is 9.80 Å². The lowest BCUT2D eigenvalue weighted by atomic mass is 9.48. The molecule has 2 aliphatic heterocycles. The molecule has 2 saturated heterocycles. The van der Waals surface area contributed by atoms with E-state index in [-0.39, 0.29) is 34.7 Å². The van der Waals surface area contributed by atoms with Crippen LogP contribution in [0.15, 0.2) is 24.3 Å². The lowest BCUT2D eigenvalue weighted by Gasteiger charge is -2.64. The number of benzene rings is 2. The van der Waals surface area contributed by atoms with Crippen molar-refractivity contribution >= 4 is 11.8 Å². The topological polar surface area (TPSA) is 214 Å². The zero-order chi connectivity index (χ0) is 39.4. The Kier molecular flexibility index (Phi) is 9.34. The summed E-state index contributed by atoms with van der Waals surface area (Å²) in [4.78, 5) is 28.6. The average molecular weight is 773 g/mol. The number of hydrogen-bond acceptors (Lipinski definition) is 10. The first kappa shape index (κ1) is 38.3. The number of nitrogens with zero attached hydrogens (tertiary/aromatic N) is 2. The first-order chi connectivity index (χ1) is 26.7. The quantitative estimate of drug-likeness (QED) is 0.215. The summed E-state index contributed by atoms with van der Waals surface area (Å²) in [5.74, 6) is -0.0799. The van der Waals surface area contributed by atoms with Crippen molar-refractivity contribution in [3.05, 3.63) is 57.6 Å². The van der Waals surface area contributed by atoms with Gasteiger partial charge in [-0.1, -0.05) is 25.0 Å². The van der Waals surface area contributed by atoms with Crippen LogP contribution < -0.4 is 11.5 Å². The van der Waals surface area contributed by atoms with Crippen LogP contribution in [0, 0.1) is 11.8 Å². The third kappa shape index (κ3) is 5.52. The minimum Gasteiger partial charge on any atom is -0.507 e. The van der Waals surface area contributed by atoms with Crippen molar-refractivity contribution in [3.8, 4) is 11.5 Å². The minimum absolute atomic E-state index is 0.0133. The molecule has 8 atom stereocenters. The van der Waals surface area contributed by atoms with Gasteiger partial charge in [0, 0.05) is 47.1 Å². The number of piperidine rings is 2. The lowest BCUT2D eigenvalue weighted by molar-refractivity contribution is -0.185. The van der Waals surface area contributed by atoms with Crippen LogP contribution in [0.4, 0.5) is 0 Å². The number of likely N-dealkylation sites (tertiary alicyclic amines) is 2. The fourth-order valence-electron chi connectivity index (χ4n) is 13.2. The number of rotatable bonds is 6. The molecule has 0 unspecified atom stereocenters. The molecule has 10 N–H and O–H groups in total. The molecular formula is C44H60N4O8. The second-order valence-electron chi connectivity index (χ2n) is 19.0. The van der Waals surface area contributed by atoms with Crippen LogP contribution in [0.3, 0.4) is 0 Å². The Hall–Kier alpha value is -3.26. The van der Waals surface area contributed by atoms with Gasteiger partial charge in [-0.15, -0.1) is 0 Å². The summed E-state index contributed by atoms with van der Waals surface area (Å²) in [6, 6.07) is 6.95. The van der Waals surface area contributed by atoms with Gasteiger partial charge in [-0.2, -0.15) is 0 Å². The van der Waals surface area contributed by atoms with Crippen LogP contribution in [0.25, 0.3) is 0 Å². The van der Waals surface area contributed by atoms with E-state index in [9.17, 15) is 40.2 Å². The third-order valence-corrected chi connectivity index (χ3v) is 16.5. The van der Waals surface area contributed by atoms with E-state index >= 15 is 0 Å². The zero-order valence-electron chi connectivity index (χ0n) is 32.5. The molecule has 12 heteroatoms. The van der Waals surface area contributed by atoms with Crippen molar-refractivity contribution in [2.75, 3.05) is 26.2 Å². The van der Waals surface area contributed by atoms with Crippen LogP contribution in [-0.2, 0) is 23.7 Å². The summed E-state index contributed by atoms with van der Waals surface area (Å²) in [7, 11) is 0. The number of hydrogen-bond donors (Lipinski definition) is 8. The van der Waals surface area contributed by atoms with Gasteiger partial charge in [0.1, 0.15) is 11.5 Å². The molecule has 10 rings (SSSR count). The van der Waals surface area contributed by atoms with E-state index in [1.165, 1.54) is 38.5 Å². The first-order valence-corrected chi connectivity index (χ1v) is 21.3. The van der Waals surface area contributed by atoms with Crippen molar-refractivity contribution in [2.24, 2.45) is 23.3 Å². The molecule has 0 aromatic heterocycles. The van der Waals surface area contributed by atoms with Crippen molar-refractivity contribution in [1.82, 2.24) is 9.80 Å². The molecule has 0 radical (unpaired) electrons. The average Bonchev–Trinajstić information content (AvgIpc) is 3.10. The SMILES string of the molecule is NC(=O)c1ccc2c(c1O)[C@]13CCN(CC4CCC4)[C@H](C2)[C@]1(O)CC[C@@H](O)C3.NC(=O)c1ccc2c(c1O)[C@]13CCN(CC4CCC4)[C@H](C2)[C@]1(O)CC[C@H](O)C3. The maximum absolute atomic E-state index is 12.1. The Morgan fingerprint density at radius 2 is 1.02 bits per heavy atom. The number of carbonyl (C=O) groups is 2. The smallest absolute Gasteiger partial charge is 0.252 e. The fraction of sp³-hybridized carbons (Fsp3) is 0.682. The monoisotopic (exact) mass is 772 g/mol. The lowest BCUT2D eigenvalue weighted by Crippen LogP contribution is -2.73.